The molecule has 1 saturated heterocycles. The predicted octanol–water partition coefficient (Wildman–Crippen LogP) is 4.86. The fraction of sp³-hybridized carbons (Fsp3) is 0.231. The first-order valence-electron chi connectivity index (χ1n) is 10.7. The molecule has 0 radical (unpaired) electrons. The van der Waals surface area contributed by atoms with Gasteiger partial charge in [-0.3, -0.25) is 14.7 Å². The number of nitrogens with zero attached hydrogens (tertiary/aromatic N) is 2. The molecule has 4 rings (SSSR count). The number of rotatable bonds is 8. The molecule has 0 saturated carbocycles. The van der Waals surface area contributed by atoms with Crippen LogP contribution in [0.25, 0.3) is 6.08 Å². The number of pyridine rings is 1. The summed E-state index contributed by atoms with van der Waals surface area (Å²) in [7, 11) is 0. The number of thioether (sulfide) groups is 1. The van der Waals surface area contributed by atoms with Crippen molar-refractivity contribution < 1.29 is 9.53 Å². The van der Waals surface area contributed by atoms with E-state index in [4.69, 9.17) is 4.74 Å². The van der Waals surface area contributed by atoms with Crippen LogP contribution in [0.15, 0.2) is 79.1 Å². The van der Waals surface area contributed by atoms with Crippen LogP contribution in [0.3, 0.4) is 0 Å². The van der Waals surface area contributed by atoms with Crippen molar-refractivity contribution in [3.05, 3.63) is 95.8 Å². The van der Waals surface area contributed by atoms with E-state index in [1.54, 1.807) is 18.5 Å². The summed E-state index contributed by atoms with van der Waals surface area (Å²) in [5.41, 5.74) is 3.98. The number of ether oxygens (including phenoxy) is 1. The van der Waals surface area contributed by atoms with Crippen LogP contribution in [-0.4, -0.2) is 40.4 Å². The first kappa shape index (κ1) is 22.1. The summed E-state index contributed by atoms with van der Waals surface area (Å²) < 4.78 is 5.78. The molecule has 1 aliphatic heterocycles. The van der Waals surface area contributed by atoms with Gasteiger partial charge < -0.3 is 10.1 Å². The topological polar surface area (TPSA) is 54.5 Å². The smallest absolute Gasteiger partial charge is 0.248 e. The number of carbonyl (C=O) groups is 1. The highest BCUT2D eigenvalue weighted by Gasteiger charge is 2.13. The number of para-hydroxylation sites is 1. The molecule has 1 aliphatic rings. The summed E-state index contributed by atoms with van der Waals surface area (Å²) >= 11 is 2.00. The van der Waals surface area contributed by atoms with Crippen molar-refractivity contribution >= 4 is 29.4 Å². The van der Waals surface area contributed by atoms with E-state index in [2.05, 4.69) is 21.3 Å². The van der Waals surface area contributed by atoms with Gasteiger partial charge in [0.15, 0.2) is 0 Å². The number of carbonyl (C=O) groups excluding carboxylic acids is 1. The van der Waals surface area contributed by atoms with Crippen LogP contribution in [0.5, 0.6) is 5.75 Å². The molecule has 2 aromatic carbocycles. The lowest BCUT2D eigenvalue weighted by Gasteiger charge is -2.27. The van der Waals surface area contributed by atoms with E-state index in [0.717, 1.165) is 47.8 Å². The number of hydrogen-bond donors (Lipinski definition) is 1. The highest BCUT2D eigenvalue weighted by Crippen LogP contribution is 2.20. The molecule has 1 aromatic heterocycles. The first-order valence-corrected chi connectivity index (χ1v) is 11.9. The standard InChI is InChI=1S/C26H27N3O2S/c30-26(28-25-6-2-1-5-23(25)19-29-14-16-32-17-15-29)12-9-21-7-10-24(11-8-21)31-20-22-4-3-13-27-18-22/h1-13,18H,14-17,19-20H2,(H,28,30)/b12-9+. The van der Waals surface area contributed by atoms with Gasteiger partial charge >= 0.3 is 0 Å². The van der Waals surface area contributed by atoms with Gasteiger partial charge in [0, 0.05) is 60.9 Å². The molecule has 0 atom stereocenters. The summed E-state index contributed by atoms with van der Waals surface area (Å²) in [4.78, 5) is 19.0. The van der Waals surface area contributed by atoms with Gasteiger partial charge in [0.05, 0.1) is 0 Å². The van der Waals surface area contributed by atoms with E-state index in [-0.39, 0.29) is 5.91 Å². The zero-order valence-electron chi connectivity index (χ0n) is 17.9. The highest BCUT2D eigenvalue weighted by atomic mass is 32.2. The minimum Gasteiger partial charge on any atom is -0.489 e. The van der Waals surface area contributed by atoms with Crippen molar-refractivity contribution in [2.45, 2.75) is 13.2 Å². The van der Waals surface area contributed by atoms with Crippen LogP contribution < -0.4 is 10.1 Å². The second-order valence-electron chi connectivity index (χ2n) is 7.59. The Kier molecular flexibility index (Phi) is 7.95. The molecule has 0 spiro atoms. The van der Waals surface area contributed by atoms with Gasteiger partial charge in [0.2, 0.25) is 5.91 Å². The number of aromatic nitrogens is 1. The fourth-order valence-corrected chi connectivity index (χ4v) is 4.43. The Morgan fingerprint density at radius 3 is 2.66 bits per heavy atom. The SMILES string of the molecule is O=C(/C=C/c1ccc(OCc2cccnc2)cc1)Nc1ccccc1CN1CCSCC1. The summed E-state index contributed by atoms with van der Waals surface area (Å²) in [6, 6.07) is 19.6. The van der Waals surface area contributed by atoms with E-state index < -0.39 is 0 Å². The van der Waals surface area contributed by atoms with Crippen LogP contribution in [0.1, 0.15) is 16.7 Å². The monoisotopic (exact) mass is 445 g/mol. The number of amides is 1. The minimum atomic E-state index is -0.136. The molecule has 1 N–H and O–H groups in total. The van der Waals surface area contributed by atoms with Crippen molar-refractivity contribution in [3.8, 4) is 5.75 Å². The molecule has 164 valence electrons. The molecule has 0 unspecified atom stereocenters. The van der Waals surface area contributed by atoms with Gasteiger partial charge in [0.1, 0.15) is 12.4 Å². The molecule has 32 heavy (non-hydrogen) atoms. The average Bonchev–Trinajstić information content (AvgIpc) is 2.85. The lowest BCUT2D eigenvalue weighted by Crippen LogP contribution is -2.32. The number of benzene rings is 2. The normalized spacial score (nSPS) is 14.4. The van der Waals surface area contributed by atoms with Crippen LogP contribution >= 0.6 is 11.8 Å². The van der Waals surface area contributed by atoms with Crippen LogP contribution in [0, 0.1) is 0 Å². The molecule has 3 aromatic rings. The summed E-state index contributed by atoms with van der Waals surface area (Å²) in [5.74, 6) is 2.99. The van der Waals surface area contributed by atoms with E-state index >= 15 is 0 Å². The number of hydrogen-bond acceptors (Lipinski definition) is 5. The minimum absolute atomic E-state index is 0.136. The molecular formula is C26H27N3O2S. The van der Waals surface area contributed by atoms with E-state index in [1.165, 1.54) is 11.5 Å². The highest BCUT2D eigenvalue weighted by molar-refractivity contribution is 7.99. The Labute approximate surface area is 193 Å². The van der Waals surface area contributed by atoms with E-state index in [1.807, 2.05) is 72.4 Å². The summed E-state index contributed by atoms with van der Waals surface area (Å²) in [6.45, 7) is 3.52. The Morgan fingerprint density at radius 1 is 1.06 bits per heavy atom. The predicted molar refractivity (Wildman–Crippen MR) is 132 cm³/mol. The molecule has 1 fully saturated rings. The van der Waals surface area contributed by atoms with Gasteiger partial charge in [0.25, 0.3) is 0 Å². The quantitative estimate of drug-likeness (QED) is 0.502. The lowest BCUT2D eigenvalue weighted by atomic mass is 10.1. The number of anilines is 1. The summed E-state index contributed by atoms with van der Waals surface area (Å²) in [5, 5.41) is 3.03. The Morgan fingerprint density at radius 2 is 1.88 bits per heavy atom. The van der Waals surface area contributed by atoms with Crippen molar-refractivity contribution in [2.75, 3.05) is 29.9 Å². The zero-order valence-corrected chi connectivity index (χ0v) is 18.8. The maximum absolute atomic E-state index is 12.5. The Bertz CT molecular complexity index is 1030. The molecule has 2 heterocycles. The molecule has 1 amide bonds. The summed E-state index contributed by atoms with van der Waals surface area (Å²) in [6.07, 6.45) is 6.91. The fourth-order valence-electron chi connectivity index (χ4n) is 3.45. The molecule has 0 aliphatic carbocycles. The maximum Gasteiger partial charge on any atom is 0.248 e. The second-order valence-corrected chi connectivity index (χ2v) is 8.81. The molecular weight excluding hydrogens is 418 g/mol. The van der Waals surface area contributed by atoms with Gasteiger partial charge in [-0.2, -0.15) is 11.8 Å². The molecule has 6 heteroatoms. The third kappa shape index (κ3) is 6.70. The third-order valence-electron chi connectivity index (χ3n) is 5.21. The molecule has 0 bridgehead atoms. The van der Waals surface area contributed by atoms with E-state index in [0.29, 0.717) is 6.61 Å². The van der Waals surface area contributed by atoms with Crippen LogP contribution in [0.4, 0.5) is 5.69 Å². The van der Waals surface area contributed by atoms with Gasteiger partial charge in [-0.05, 0) is 41.5 Å². The van der Waals surface area contributed by atoms with Gasteiger partial charge in [-0.15, -0.1) is 0 Å². The van der Waals surface area contributed by atoms with Crippen LogP contribution in [-0.2, 0) is 17.9 Å². The Hall–Kier alpha value is -3.09. The maximum atomic E-state index is 12.5. The van der Waals surface area contributed by atoms with Crippen molar-refractivity contribution in [2.24, 2.45) is 0 Å². The zero-order chi connectivity index (χ0) is 22.0. The lowest BCUT2D eigenvalue weighted by molar-refractivity contribution is -0.111. The van der Waals surface area contributed by atoms with Crippen molar-refractivity contribution in [3.63, 3.8) is 0 Å². The average molecular weight is 446 g/mol. The van der Waals surface area contributed by atoms with Gasteiger partial charge in [-0.1, -0.05) is 36.4 Å². The van der Waals surface area contributed by atoms with E-state index in [9.17, 15) is 4.79 Å². The molecule has 5 nitrogen and oxygen atoms in total. The van der Waals surface area contributed by atoms with Crippen molar-refractivity contribution in [1.29, 1.82) is 0 Å². The van der Waals surface area contributed by atoms with Crippen molar-refractivity contribution in [1.82, 2.24) is 9.88 Å². The Balaban J connectivity index is 1.30. The first-order chi connectivity index (χ1) is 15.8. The second kappa shape index (κ2) is 11.5. The van der Waals surface area contributed by atoms with Gasteiger partial charge in [-0.25, -0.2) is 0 Å². The number of nitrogens with one attached hydrogen (secondary N) is 1. The largest absolute Gasteiger partial charge is 0.489 e. The third-order valence-corrected chi connectivity index (χ3v) is 6.15. The van der Waals surface area contributed by atoms with Crippen LogP contribution in [0.2, 0.25) is 0 Å².